The molecule has 1 aromatic heterocycles. The van der Waals surface area contributed by atoms with Gasteiger partial charge < -0.3 is 4.98 Å². The molecule has 3 heteroatoms. The number of hydrogen-bond donors (Lipinski definition) is 1. The molecule has 8 heavy (non-hydrogen) atoms. The van der Waals surface area contributed by atoms with Gasteiger partial charge in [-0.3, -0.25) is 0 Å². The van der Waals surface area contributed by atoms with Crippen LogP contribution in [0.15, 0.2) is 23.3 Å². The average molecular weight is 112 g/mol. The van der Waals surface area contributed by atoms with Crippen molar-refractivity contribution >= 4 is 0 Å². The summed E-state index contributed by atoms with van der Waals surface area (Å²) in [5.74, 6) is 0. The molecule has 1 N–H and O–H groups in total. The van der Waals surface area contributed by atoms with E-state index in [1.807, 2.05) is 0 Å². The van der Waals surface area contributed by atoms with Gasteiger partial charge in [-0.25, -0.2) is 9.78 Å². The van der Waals surface area contributed by atoms with Crippen LogP contribution in [-0.4, -0.2) is 9.97 Å². The molecule has 0 aliphatic rings. The third kappa shape index (κ3) is 1.55. The summed E-state index contributed by atoms with van der Waals surface area (Å²) < 4.78 is 0. The van der Waals surface area contributed by atoms with E-state index in [2.05, 4.69) is 9.97 Å². The number of aromatic nitrogens is 2. The second-order valence-electron chi connectivity index (χ2n) is 1.09. The van der Waals surface area contributed by atoms with Crippen LogP contribution in [-0.2, 0) is 0 Å². The Morgan fingerprint density at radius 2 is 2.38 bits per heavy atom. The van der Waals surface area contributed by atoms with E-state index in [4.69, 9.17) is 0 Å². The van der Waals surface area contributed by atoms with Gasteiger partial charge in [-0.2, -0.15) is 0 Å². The summed E-state index contributed by atoms with van der Waals surface area (Å²) >= 11 is 0. The molecule has 0 atom stereocenters. The minimum atomic E-state index is -0.303. The van der Waals surface area contributed by atoms with Crippen molar-refractivity contribution < 1.29 is 0 Å². The van der Waals surface area contributed by atoms with E-state index in [1.165, 1.54) is 12.4 Å². The summed E-state index contributed by atoms with van der Waals surface area (Å²) in [6, 6.07) is 1.65. The fourth-order valence-electron chi connectivity index (χ4n) is 0.310. The fraction of sp³-hybridized carbons (Fsp3) is 0.200. The van der Waals surface area contributed by atoms with Crippen LogP contribution in [0, 0.1) is 0 Å². The van der Waals surface area contributed by atoms with E-state index >= 15 is 0 Å². The molecule has 1 aromatic rings. The summed E-state index contributed by atoms with van der Waals surface area (Å²) in [5, 5.41) is 0. The van der Waals surface area contributed by atoms with E-state index in [1.54, 1.807) is 6.07 Å². The predicted molar refractivity (Wildman–Crippen MR) is 31.6 cm³/mol. The van der Waals surface area contributed by atoms with Gasteiger partial charge in [0.05, 0.1) is 0 Å². The van der Waals surface area contributed by atoms with Crippen molar-refractivity contribution in [3.05, 3.63) is 28.9 Å². The first-order valence-corrected chi connectivity index (χ1v) is 1.89. The Morgan fingerprint density at radius 3 is 2.62 bits per heavy atom. The number of H-pyrrole nitrogens is 1. The normalized spacial score (nSPS) is 7.50. The van der Waals surface area contributed by atoms with E-state index in [0.717, 1.165) is 0 Å². The summed E-state index contributed by atoms with van der Waals surface area (Å²) in [4.78, 5) is 15.8. The molecule has 1 rings (SSSR count). The molecule has 0 aliphatic carbocycles. The Hall–Kier alpha value is -1.12. The van der Waals surface area contributed by atoms with Crippen molar-refractivity contribution in [2.24, 2.45) is 0 Å². The highest BCUT2D eigenvalue weighted by molar-refractivity contribution is 4.75. The van der Waals surface area contributed by atoms with Gasteiger partial charge in [-0.15, -0.1) is 0 Å². The maximum absolute atomic E-state index is 10.1. The molecule has 1 heterocycles. The van der Waals surface area contributed by atoms with E-state index in [9.17, 15) is 4.79 Å². The quantitative estimate of drug-likeness (QED) is 0.528. The van der Waals surface area contributed by atoms with Crippen LogP contribution in [0.5, 0.6) is 0 Å². The zero-order chi connectivity index (χ0) is 5.11. The molecule has 3 nitrogen and oxygen atoms in total. The van der Waals surface area contributed by atoms with Crippen LogP contribution >= 0.6 is 0 Å². The Bertz CT molecular complexity index is 176. The van der Waals surface area contributed by atoms with Gasteiger partial charge in [0.2, 0.25) is 0 Å². The van der Waals surface area contributed by atoms with Crippen LogP contribution in [0.2, 0.25) is 0 Å². The zero-order valence-corrected chi connectivity index (χ0v) is 3.59. The lowest BCUT2D eigenvalue weighted by Gasteiger charge is -1.72. The van der Waals surface area contributed by atoms with Crippen molar-refractivity contribution in [1.82, 2.24) is 9.97 Å². The molecule has 0 aromatic carbocycles. The third-order valence-electron chi connectivity index (χ3n) is 0.581. The molecular formula is C5H8N2O. The van der Waals surface area contributed by atoms with Gasteiger partial charge in [0.25, 0.3) is 0 Å². The molecule has 0 spiro atoms. The van der Waals surface area contributed by atoms with E-state index < -0.39 is 0 Å². The van der Waals surface area contributed by atoms with Crippen LogP contribution in [0.1, 0.15) is 7.43 Å². The van der Waals surface area contributed by atoms with E-state index in [-0.39, 0.29) is 13.1 Å². The van der Waals surface area contributed by atoms with Gasteiger partial charge in [0.1, 0.15) is 0 Å². The Labute approximate surface area is 47.4 Å². The monoisotopic (exact) mass is 112 g/mol. The van der Waals surface area contributed by atoms with Gasteiger partial charge in [0.15, 0.2) is 0 Å². The molecule has 0 radical (unpaired) electrons. The Balaban J connectivity index is 0.000000490. The third-order valence-corrected chi connectivity index (χ3v) is 0.581. The minimum Gasteiger partial charge on any atom is -0.313 e. The molecule has 0 fully saturated rings. The molecule has 44 valence electrons. The largest absolute Gasteiger partial charge is 0.344 e. The van der Waals surface area contributed by atoms with Crippen molar-refractivity contribution in [3.63, 3.8) is 0 Å². The average Bonchev–Trinajstić information content (AvgIpc) is 1.69. The molecule has 0 aliphatic heterocycles. The summed E-state index contributed by atoms with van der Waals surface area (Å²) in [5.41, 5.74) is -0.303. The topological polar surface area (TPSA) is 45.8 Å². The number of rotatable bonds is 0. The van der Waals surface area contributed by atoms with Crippen molar-refractivity contribution in [2.75, 3.05) is 0 Å². The smallest absolute Gasteiger partial charge is 0.313 e. The highest BCUT2D eigenvalue weighted by atomic mass is 16.1. The maximum Gasteiger partial charge on any atom is 0.344 e. The van der Waals surface area contributed by atoms with Crippen molar-refractivity contribution in [1.29, 1.82) is 0 Å². The highest BCUT2D eigenvalue weighted by Crippen LogP contribution is 1.60. The standard InChI is InChI=1S/C4H4N2O.CH4/c7-4-5-2-1-3-6-4;/h1-3H,(H,5,6,7);1H4. The first-order valence-electron chi connectivity index (χ1n) is 1.89. The number of hydrogen-bond acceptors (Lipinski definition) is 2. The van der Waals surface area contributed by atoms with Gasteiger partial charge in [-0.1, -0.05) is 7.43 Å². The van der Waals surface area contributed by atoms with Crippen molar-refractivity contribution in [2.45, 2.75) is 7.43 Å². The number of nitrogens with zero attached hydrogens (tertiary/aromatic N) is 1. The van der Waals surface area contributed by atoms with Crippen LogP contribution < -0.4 is 5.69 Å². The summed E-state index contributed by atoms with van der Waals surface area (Å²) in [7, 11) is 0. The van der Waals surface area contributed by atoms with Gasteiger partial charge in [0, 0.05) is 12.4 Å². The summed E-state index contributed by atoms with van der Waals surface area (Å²) in [6.07, 6.45) is 2.98. The lowest BCUT2D eigenvalue weighted by atomic mass is 10.7. The lowest BCUT2D eigenvalue weighted by molar-refractivity contribution is 1.08. The molecular weight excluding hydrogens is 104 g/mol. The molecule has 0 unspecified atom stereocenters. The number of aromatic amines is 1. The number of nitrogens with one attached hydrogen (secondary N) is 1. The maximum atomic E-state index is 10.1. The van der Waals surface area contributed by atoms with Crippen LogP contribution in [0.3, 0.4) is 0 Å². The van der Waals surface area contributed by atoms with Crippen LogP contribution in [0.25, 0.3) is 0 Å². The van der Waals surface area contributed by atoms with Crippen molar-refractivity contribution in [3.8, 4) is 0 Å². The summed E-state index contributed by atoms with van der Waals surface area (Å²) in [6.45, 7) is 0. The molecule has 0 bridgehead atoms. The highest BCUT2D eigenvalue weighted by Gasteiger charge is 1.70. The first-order chi connectivity index (χ1) is 3.39. The predicted octanol–water partition coefficient (Wildman–Crippen LogP) is 0.406. The second-order valence-corrected chi connectivity index (χ2v) is 1.09. The SMILES string of the molecule is C.O=c1nccc[nH]1. The minimum absolute atomic E-state index is 0. The second kappa shape index (κ2) is 2.96. The zero-order valence-electron chi connectivity index (χ0n) is 3.59. The first kappa shape index (κ1) is 6.88. The Kier molecular flexibility index (Phi) is 2.54. The van der Waals surface area contributed by atoms with Gasteiger partial charge >= 0.3 is 5.69 Å². The molecule has 0 amide bonds. The van der Waals surface area contributed by atoms with Gasteiger partial charge in [-0.05, 0) is 6.07 Å². The van der Waals surface area contributed by atoms with Crippen LogP contribution in [0.4, 0.5) is 0 Å². The molecule has 0 saturated heterocycles. The lowest BCUT2D eigenvalue weighted by Crippen LogP contribution is -2.05. The molecule has 0 saturated carbocycles. The Morgan fingerprint density at radius 1 is 1.62 bits per heavy atom. The van der Waals surface area contributed by atoms with E-state index in [0.29, 0.717) is 0 Å². The fourth-order valence-corrected chi connectivity index (χ4v) is 0.310.